The van der Waals surface area contributed by atoms with E-state index in [4.69, 9.17) is 11.3 Å². The van der Waals surface area contributed by atoms with Crippen molar-refractivity contribution in [2.24, 2.45) is 33.7 Å². The first kappa shape index (κ1) is 26.5. The molecule has 4 aliphatic carbocycles. The summed E-state index contributed by atoms with van der Waals surface area (Å²) in [6.07, 6.45) is 15.5. The molecule has 0 spiro atoms. The summed E-state index contributed by atoms with van der Waals surface area (Å²) in [6, 6.07) is 7.44. The predicted molar refractivity (Wildman–Crippen MR) is 144 cm³/mol. The van der Waals surface area contributed by atoms with Crippen molar-refractivity contribution >= 4 is 17.6 Å². The first-order chi connectivity index (χ1) is 18.1. The highest BCUT2D eigenvalue weighted by atomic mass is 16.6. The number of terminal acetylenes is 1. The van der Waals surface area contributed by atoms with Crippen LogP contribution in [-0.2, 0) is 14.4 Å². The van der Waals surface area contributed by atoms with Gasteiger partial charge in [0.25, 0.3) is 5.91 Å². The molecule has 7 heteroatoms. The van der Waals surface area contributed by atoms with Crippen LogP contribution in [0.1, 0.15) is 76.8 Å². The molecule has 1 amide bonds. The Morgan fingerprint density at radius 2 is 1.87 bits per heavy atom. The third-order valence-electron chi connectivity index (χ3n) is 10.4. The van der Waals surface area contributed by atoms with E-state index in [1.807, 2.05) is 0 Å². The van der Waals surface area contributed by atoms with Gasteiger partial charge in [0.15, 0.2) is 12.6 Å². The maximum absolute atomic E-state index is 12.4. The normalized spacial score (nSPS) is 37.6. The lowest BCUT2D eigenvalue weighted by molar-refractivity contribution is -0.142. The molecule has 5 rings (SSSR count). The number of amides is 1. The number of aliphatic hydroxyl groups is 1. The van der Waals surface area contributed by atoms with Gasteiger partial charge in [0.2, 0.25) is 0 Å². The highest BCUT2D eigenvalue weighted by Crippen LogP contribution is 2.67. The molecule has 0 bridgehead atoms. The van der Waals surface area contributed by atoms with E-state index in [1.54, 1.807) is 30.3 Å². The molecular formula is C31H38N2O5. The number of oxime groups is 1. The van der Waals surface area contributed by atoms with Crippen LogP contribution in [0.15, 0.2) is 47.1 Å². The Balaban J connectivity index is 1.22. The summed E-state index contributed by atoms with van der Waals surface area (Å²) in [5, 5.41) is 27.5. The van der Waals surface area contributed by atoms with E-state index in [2.05, 4.69) is 36.3 Å². The molecule has 3 saturated carbocycles. The van der Waals surface area contributed by atoms with E-state index < -0.39 is 23.5 Å². The monoisotopic (exact) mass is 518 g/mol. The van der Waals surface area contributed by atoms with E-state index in [0.29, 0.717) is 29.7 Å². The number of nitrogens with one attached hydrogen (secondary N) is 1. The van der Waals surface area contributed by atoms with Gasteiger partial charge in [0.1, 0.15) is 5.60 Å². The second-order valence-electron chi connectivity index (χ2n) is 12.1. The van der Waals surface area contributed by atoms with Crippen LogP contribution in [-0.4, -0.2) is 40.0 Å². The van der Waals surface area contributed by atoms with Gasteiger partial charge in [-0.15, -0.1) is 6.42 Å². The van der Waals surface area contributed by atoms with Crippen molar-refractivity contribution in [2.75, 3.05) is 6.61 Å². The maximum atomic E-state index is 12.4. The third-order valence-corrected chi connectivity index (χ3v) is 10.4. The Morgan fingerprint density at radius 3 is 2.58 bits per heavy atom. The number of carboxylic acids is 1. The molecule has 0 saturated heterocycles. The SMILES string of the molecule is C#C[C@@]1(O)CCC2C3CCC4=C/C(=N\OCC(=O)NC(C(=O)O)c5ccccc5)CC[C@]4(C)C3CC[C@@]21C. The van der Waals surface area contributed by atoms with Crippen molar-refractivity contribution in [1.82, 2.24) is 5.32 Å². The zero-order chi connectivity index (χ0) is 27.1. The van der Waals surface area contributed by atoms with Gasteiger partial charge in [-0.2, -0.15) is 0 Å². The van der Waals surface area contributed by atoms with Crippen LogP contribution >= 0.6 is 0 Å². The number of carboxylic acid groups (broad SMARTS) is 1. The highest BCUT2D eigenvalue weighted by Gasteiger charge is 2.63. The largest absolute Gasteiger partial charge is 0.479 e. The smallest absolute Gasteiger partial charge is 0.330 e. The molecule has 0 aliphatic heterocycles. The van der Waals surface area contributed by atoms with Crippen molar-refractivity contribution in [3.8, 4) is 12.3 Å². The van der Waals surface area contributed by atoms with Gasteiger partial charge in [0, 0.05) is 5.41 Å². The molecule has 1 aromatic rings. The molecule has 7 atom stereocenters. The fourth-order valence-electron chi connectivity index (χ4n) is 8.21. The molecule has 7 nitrogen and oxygen atoms in total. The third kappa shape index (κ3) is 4.33. The quantitative estimate of drug-likeness (QED) is 0.376. The van der Waals surface area contributed by atoms with Crippen molar-refractivity contribution < 1.29 is 24.6 Å². The van der Waals surface area contributed by atoms with E-state index in [0.717, 1.165) is 50.7 Å². The lowest BCUT2D eigenvalue weighted by Gasteiger charge is -2.58. The summed E-state index contributed by atoms with van der Waals surface area (Å²) in [5.74, 6) is 2.69. The van der Waals surface area contributed by atoms with Gasteiger partial charge in [-0.1, -0.05) is 60.8 Å². The summed E-state index contributed by atoms with van der Waals surface area (Å²) in [4.78, 5) is 29.4. The number of nitrogens with zero attached hydrogens (tertiary/aromatic N) is 1. The minimum absolute atomic E-state index is 0.0991. The van der Waals surface area contributed by atoms with Gasteiger partial charge in [-0.3, -0.25) is 4.79 Å². The van der Waals surface area contributed by atoms with Crippen LogP contribution in [0.4, 0.5) is 0 Å². The van der Waals surface area contributed by atoms with Crippen molar-refractivity contribution in [3.63, 3.8) is 0 Å². The van der Waals surface area contributed by atoms with Crippen LogP contribution < -0.4 is 5.32 Å². The molecule has 4 unspecified atom stereocenters. The molecule has 3 N–H and O–H groups in total. The summed E-state index contributed by atoms with van der Waals surface area (Å²) in [5.41, 5.74) is 1.64. The lowest BCUT2D eigenvalue weighted by Crippen LogP contribution is -2.54. The van der Waals surface area contributed by atoms with E-state index >= 15 is 0 Å². The number of hydrogen-bond donors (Lipinski definition) is 3. The van der Waals surface area contributed by atoms with Crippen LogP contribution in [0.5, 0.6) is 0 Å². The van der Waals surface area contributed by atoms with Crippen LogP contribution in [0.2, 0.25) is 0 Å². The van der Waals surface area contributed by atoms with Crippen molar-refractivity contribution in [3.05, 3.63) is 47.5 Å². The second kappa shape index (κ2) is 9.89. The molecule has 0 radical (unpaired) electrons. The predicted octanol–water partition coefficient (Wildman–Crippen LogP) is 4.63. The number of allylic oxidation sites excluding steroid dienone is 2. The average molecular weight is 519 g/mol. The van der Waals surface area contributed by atoms with Crippen LogP contribution in [0.3, 0.4) is 0 Å². The number of fused-ring (bicyclic) bond motifs is 5. The Kier molecular flexibility index (Phi) is 6.89. The van der Waals surface area contributed by atoms with Gasteiger partial charge < -0.3 is 20.4 Å². The van der Waals surface area contributed by atoms with E-state index in [-0.39, 0.29) is 17.4 Å². The first-order valence-corrected chi connectivity index (χ1v) is 13.8. The summed E-state index contributed by atoms with van der Waals surface area (Å²) in [6.45, 7) is 4.26. The summed E-state index contributed by atoms with van der Waals surface area (Å²) >= 11 is 0. The first-order valence-electron chi connectivity index (χ1n) is 13.8. The molecule has 3 fully saturated rings. The number of aliphatic carboxylic acids is 1. The minimum atomic E-state index is -1.14. The van der Waals surface area contributed by atoms with Gasteiger partial charge in [-0.05, 0) is 86.2 Å². The summed E-state index contributed by atoms with van der Waals surface area (Å²) in [7, 11) is 0. The molecular weight excluding hydrogens is 480 g/mol. The number of carbonyl (C=O) groups excluding carboxylic acids is 1. The van der Waals surface area contributed by atoms with Crippen LogP contribution in [0, 0.1) is 40.9 Å². The molecule has 38 heavy (non-hydrogen) atoms. The molecule has 0 heterocycles. The molecule has 4 aliphatic rings. The van der Waals surface area contributed by atoms with Gasteiger partial charge in [0.05, 0.1) is 5.71 Å². The van der Waals surface area contributed by atoms with E-state index in [1.165, 1.54) is 5.57 Å². The number of hydrogen-bond acceptors (Lipinski definition) is 5. The lowest BCUT2D eigenvalue weighted by atomic mass is 9.46. The Morgan fingerprint density at radius 1 is 1.13 bits per heavy atom. The maximum Gasteiger partial charge on any atom is 0.330 e. The minimum Gasteiger partial charge on any atom is -0.479 e. The Bertz CT molecular complexity index is 1200. The van der Waals surface area contributed by atoms with Gasteiger partial charge >= 0.3 is 5.97 Å². The Hall–Kier alpha value is -3.11. The number of rotatable bonds is 6. The highest BCUT2D eigenvalue weighted by molar-refractivity contribution is 5.96. The average Bonchev–Trinajstić information content (AvgIpc) is 3.18. The topological polar surface area (TPSA) is 108 Å². The number of carbonyl (C=O) groups is 2. The molecule has 1 aromatic carbocycles. The Labute approximate surface area is 224 Å². The van der Waals surface area contributed by atoms with Crippen molar-refractivity contribution in [1.29, 1.82) is 0 Å². The molecule has 202 valence electrons. The number of benzene rings is 1. The molecule has 0 aromatic heterocycles. The zero-order valence-corrected chi connectivity index (χ0v) is 22.3. The van der Waals surface area contributed by atoms with Gasteiger partial charge in [-0.25, -0.2) is 4.79 Å². The van der Waals surface area contributed by atoms with E-state index in [9.17, 15) is 19.8 Å². The second-order valence-corrected chi connectivity index (χ2v) is 12.1. The van der Waals surface area contributed by atoms with Crippen molar-refractivity contribution in [2.45, 2.75) is 76.9 Å². The standard InChI is InChI=1S/C31H38N2O5/c1-4-31(37)17-14-25-23-11-10-21-18-22(12-15-29(21,2)24(23)13-16-30(25,31)3)33-38-19-26(34)32-27(28(35)36)20-8-6-5-7-9-20/h1,5-9,18,23-25,27,37H,10-17,19H2,2-3H3,(H,32,34)(H,35,36)/b33-22-/t23?,24?,25?,27?,29-,30-,31+/m0/s1. The zero-order valence-electron chi connectivity index (χ0n) is 22.3. The fourth-order valence-corrected chi connectivity index (χ4v) is 8.21. The van der Waals surface area contributed by atoms with Crippen LogP contribution in [0.25, 0.3) is 0 Å². The summed E-state index contributed by atoms with van der Waals surface area (Å²) < 4.78 is 0. The fraction of sp³-hybridized carbons (Fsp3) is 0.581.